The number of nitrogen functional groups attached to an aromatic ring is 1. The Hall–Kier alpha value is -1.81. The summed E-state index contributed by atoms with van der Waals surface area (Å²) in [6.07, 6.45) is 0.936. The topological polar surface area (TPSA) is 52.3 Å². The first-order chi connectivity index (χ1) is 8.65. The Morgan fingerprint density at radius 1 is 1.33 bits per heavy atom. The average molecular weight is 261 g/mol. The van der Waals surface area contributed by atoms with Crippen molar-refractivity contribution in [2.75, 3.05) is 12.8 Å². The largest absolute Gasteiger partial charge is 0.497 e. The molecule has 1 aromatic carbocycles. The third kappa shape index (κ3) is 2.38. The van der Waals surface area contributed by atoms with Gasteiger partial charge in [-0.2, -0.15) is 0 Å². The summed E-state index contributed by atoms with van der Waals surface area (Å²) in [6.45, 7) is 2.07. The van der Waals surface area contributed by atoms with E-state index in [0.717, 1.165) is 6.42 Å². The van der Waals surface area contributed by atoms with Crippen LogP contribution >= 0.6 is 11.3 Å². The molecule has 1 aromatic heterocycles. The first-order valence-electron chi connectivity index (χ1n) is 5.72. The molecule has 0 atom stereocenters. The van der Waals surface area contributed by atoms with Gasteiger partial charge >= 0.3 is 0 Å². The SMILES string of the molecule is CCc1ccc(C(=O)c2cc(OC)ccc2N)s1. The molecule has 4 heteroatoms. The lowest BCUT2D eigenvalue weighted by molar-refractivity contribution is 0.104. The van der Waals surface area contributed by atoms with Gasteiger partial charge in [-0.1, -0.05) is 6.92 Å². The number of ketones is 1. The zero-order valence-corrected chi connectivity index (χ0v) is 11.2. The van der Waals surface area contributed by atoms with Crippen molar-refractivity contribution in [3.05, 3.63) is 45.6 Å². The van der Waals surface area contributed by atoms with Gasteiger partial charge in [0.25, 0.3) is 0 Å². The number of rotatable bonds is 4. The summed E-state index contributed by atoms with van der Waals surface area (Å²) in [5.74, 6) is 0.593. The van der Waals surface area contributed by atoms with Gasteiger partial charge in [0, 0.05) is 16.1 Å². The van der Waals surface area contributed by atoms with Gasteiger partial charge in [0.15, 0.2) is 0 Å². The lowest BCUT2D eigenvalue weighted by Crippen LogP contribution is -2.04. The summed E-state index contributed by atoms with van der Waals surface area (Å²) in [5, 5.41) is 0. The van der Waals surface area contributed by atoms with E-state index in [9.17, 15) is 4.79 Å². The highest BCUT2D eigenvalue weighted by Crippen LogP contribution is 2.26. The van der Waals surface area contributed by atoms with Crippen molar-refractivity contribution in [3.8, 4) is 5.75 Å². The maximum Gasteiger partial charge on any atom is 0.205 e. The van der Waals surface area contributed by atoms with Gasteiger partial charge in [0.05, 0.1) is 12.0 Å². The summed E-state index contributed by atoms with van der Waals surface area (Å²) in [4.78, 5) is 14.2. The third-order valence-electron chi connectivity index (χ3n) is 2.74. The molecule has 18 heavy (non-hydrogen) atoms. The fourth-order valence-corrected chi connectivity index (χ4v) is 2.58. The van der Waals surface area contributed by atoms with Crippen LogP contribution in [0.15, 0.2) is 30.3 Å². The number of aryl methyl sites for hydroxylation is 1. The second-order valence-corrected chi connectivity index (χ2v) is 5.07. The van der Waals surface area contributed by atoms with Gasteiger partial charge in [-0.25, -0.2) is 0 Å². The molecule has 0 radical (unpaired) electrons. The van der Waals surface area contributed by atoms with E-state index in [2.05, 4.69) is 6.92 Å². The molecule has 1 heterocycles. The van der Waals surface area contributed by atoms with Crippen molar-refractivity contribution >= 4 is 22.8 Å². The summed E-state index contributed by atoms with van der Waals surface area (Å²) in [6, 6.07) is 8.96. The zero-order valence-electron chi connectivity index (χ0n) is 10.4. The van der Waals surface area contributed by atoms with E-state index in [1.165, 1.54) is 16.2 Å². The van der Waals surface area contributed by atoms with Gasteiger partial charge in [-0.3, -0.25) is 4.79 Å². The molecule has 2 N–H and O–H groups in total. The van der Waals surface area contributed by atoms with Gasteiger partial charge in [-0.15, -0.1) is 11.3 Å². The van der Waals surface area contributed by atoms with Crippen LogP contribution in [0, 0.1) is 0 Å². The minimum Gasteiger partial charge on any atom is -0.497 e. The van der Waals surface area contributed by atoms with Crippen molar-refractivity contribution in [1.29, 1.82) is 0 Å². The highest BCUT2D eigenvalue weighted by atomic mass is 32.1. The van der Waals surface area contributed by atoms with Crippen molar-refractivity contribution < 1.29 is 9.53 Å². The maximum absolute atomic E-state index is 12.3. The molecule has 0 saturated heterocycles. The number of nitrogens with two attached hydrogens (primary N) is 1. The number of carbonyl (C=O) groups is 1. The Kier molecular flexibility index (Phi) is 3.67. The van der Waals surface area contributed by atoms with Crippen LogP contribution in [0.1, 0.15) is 27.0 Å². The molecule has 0 aliphatic rings. The molecule has 0 fully saturated rings. The average Bonchev–Trinajstić information content (AvgIpc) is 2.87. The van der Waals surface area contributed by atoms with Crippen molar-refractivity contribution in [2.24, 2.45) is 0 Å². The number of hydrogen-bond donors (Lipinski definition) is 1. The molecule has 94 valence electrons. The number of ether oxygens (including phenoxy) is 1. The van der Waals surface area contributed by atoms with Gasteiger partial charge in [0.2, 0.25) is 5.78 Å². The van der Waals surface area contributed by atoms with Crippen molar-refractivity contribution in [3.63, 3.8) is 0 Å². The second kappa shape index (κ2) is 5.23. The molecule has 0 saturated carbocycles. The van der Waals surface area contributed by atoms with Crippen LogP contribution in [0.25, 0.3) is 0 Å². The normalized spacial score (nSPS) is 10.3. The maximum atomic E-state index is 12.3. The Balaban J connectivity index is 2.38. The van der Waals surface area contributed by atoms with Crippen molar-refractivity contribution in [1.82, 2.24) is 0 Å². The number of methoxy groups -OCH3 is 1. The lowest BCUT2D eigenvalue weighted by Gasteiger charge is -2.06. The minimum absolute atomic E-state index is 0.0453. The van der Waals surface area contributed by atoms with Crippen LogP contribution in [0.2, 0.25) is 0 Å². The number of hydrogen-bond acceptors (Lipinski definition) is 4. The summed E-state index contributed by atoms with van der Waals surface area (Å²) < 4.78 is 5.12. The van der Waals surface area contributed by atoms with Gasteiger partial charge in [-0.05, 0) is 36.8 Å². The van der Waals surface area contributed by atoms with E-state index in [-0.39, 0.29) is 5.78 Å². The Bertz CT molecular complexity index is 575. The van der Waals surface area contributed by atoms with E-state index >= 15 is 0 Å². The highest BCUT2D eigenvalue weighted by molar-refractivity contribution is 7.14. The van der Waals surface area contributed by atoms with Crippen LogP contribution in [-0.4, -0.2) is 12.9 Å². The number of carbonyl (C=O) groups excluding carboxylic acids is 1. The van der Waals surface area contributed by atoms with E-state index in [1.807, 2.05) is 12.1 Å². The van der Waals surface area contributed by atoms with E-state index in [1.54, 1.807) is 25.3 Å². The fraction of sp³-hybridized carbons (Fsp3) is 0.214. The molecule has 0 aliphatic carbocycles. The smallest absolute Gasteiger partial charge is 0.205 e. The molecule has 2 aromatic rings. The summed E-state index contributed by atoms with van der Waals surface area (Å²) in [7, 11) is 1.57. The molecule has 0 spiro atoms. The Labute approximate surface area is 110 Å². The van der Waals surface area contributed by atoms with Crippen LogP contribution < -0.4 is 10.5 Å². The monoisotopic (exact) mass is 261 g/mol. The molecular weight excluding hydrogens is 246 g/mol. The number of thiophene rings is 1. The predicted molar refractivity (Wildman–Crippen MR) is 74.5 cm³/mol. The number of benzene rings is 1. The zero-order chi connectivity index (χ0) is 13.1. The van der Waals surface area contributed by atoms with Crippen LogP contribution in [0.4, 0.5) is 5.69 Å². The van der Waals surface area contributed by atoms with Crippen LogP contribution in [0.3, 0.4) is 0 Å². The molecule has 0 bridgehead atoms. The van der Waals surface area contributed by atoms with Gasteiger partial charge in [0.1, 0.15) is 5.75 Å². The van der Waals surface area contributed by atoms with Gasteiger partial charge < -0.3 is 10.5 Å². The molecule has 2 rings (SSSR count). The third-order valence-corrected chi connectivity index (χ3v) is 3.97. The molecular formula is C14H15NO2S. The second-order valence-electron chi connectivity index (χ2n) is 3.90. The van der Waals surface area contributed by atoms with Crippen molar-refractivity contribution in [2.45, 2.75) is 13.3 Å². The minimum atomic E-state index is -0.0453. The quantitative estimate of drug-likeness (QED) is 0.679. The van der Waals surface area contributed by atoms with Crippen LogP contribution in [-0.2, 0) is 6.42 Å². The Morgan fingerprint density at radius 2 is 2.11 bits per heavy atom. The molecule has 0 unspecified atom stereocenters. The van der Waals surface area contributed by atoms with E-state index < -0.39 is 0 Å². The molecule has 0 amide bonds. The predicted octanol–water partition coefficient (Wildman–Crippen LogP) is 3.13. The first-order valence-corrected chi connectivity index (χ1v) is 6.54. The standard InChI is InChI=1S/C14H15NO2S/c1-3-10-5-7-13(18-10)14(16)11-8-9(17-2)4-6-12(11)15/h4-8H,3,15H2,1-2H3. The highest BCUT2D eigenvalue weighted by Gasteiger charge is 2.15. The summed E-state index contributed by atoms with van der Waals surface area (Å²) in [5.41, 5.74) is 6.83. The van der Waals surface area contributed by atoms with E-state index in [0.29, 0.717) is 21.9 Å². The number of anilines is 1. The fourth-order valence-electron chi connectivity index (χ4n) is 1.68. The Morgan fingerprint density at radius 3 is 2.72 bits per heavy atom. The van der Waals surface area contributed by atoms with Crippen LogP contribution in [0.5, 0.6) is 5.75 Å². The molecule has 0 aliphatic heterocycles. The lowest BCUT2D eigenvalue weighted by atomic mass is 10.1. The van der Waals surface area contributed by atoms with E-state index in [4.69, 9.17) is 10.5 Å². The molecule has 3 nitrogen and oxygen atoms in total. The first kappa shape index (κ1) is 12.6. The summed E-state index contributed by atoms with van der Waals surface area (Å²) >= 11 is 1.51.